The van der Waals surface area contributed by atoms with E-state index in [-0.39, 0.29) is 30.0 Å². The monoisotopic (exact) mass is 468 g/mol. The van der Waals surface area contributed by atoms with Crippen molar-refractivity contribution in [3.63, 3.8) is 0 Å². The number of nitrogens with one attached hydrogen (secondary N) is 1. The molecule has 0 saturated carbocycles. The number of hydrogen-bond acceptors (Lipinski definition) is 3. The molecular formula is C21H16ClF3N2O3S. The normalized spacial score (nSPS) is 14.8. The molecule has 4 rings (SSSR count). The molecule has 0 unspecified atom stereocenters. The van der Waals surface area contributed by atoms with Gasteiger partial charge < -0.3 is 5.32 Å². The third-order valence-corrected chi connectivity index (χ3v) is 7.19. The highest BCUT2D eigenvalue weighted by molar-refractivity contribution is 7.93. The van der Waals surface area contributed by atoms with Crippen molar-refractivity contribution in [1.29, 1.82) is 0 Å². The Hall–Kier alpha value is -2.78. The van der Waals surface area contributed by atoms with Gasteiger partial charge in [0, 0.05) is 24.0 Å². The van der Waals surface area contributed by atoms with Crippen molar-refractivity contribution in [2.24, 2.45) is 0 Å². The van der Waals surface area contributed by atoms with Crippen molar-refractivity contribution in [3.05, 3.63) is 65.2 Å². The zero-order valence-corrected chi connectivity index (χ0v) is 17.5. The summed E-state index contributed by atoms with van der Waals surface area (Å²) >= 11 is 5.58. The third kappa shape index (κ3) is 3.95. The van der Waals surface area contributed by atoms with E-state index in [1.54, 1.807) is 24.3 Å². The Bertz CT molecular complexity index is 1290. The number of carbonyl (C=O) groups excluding carboxylic acids is 1. The van der Waals surface area contributed by atoms with Crippen LogP contribution in [0.25, 0.3) is 10.8 Å². The molecule has 1 heterocycles. The predicted octanol–water partition coefficient (Wildman–Crippen LogP) is 5.44. The first-order chi connectivity index (χ1) is 14.6. The minimum atomic E-state index is -4.64. The minimum absolute atomic E-state index is 0.0345. The molecule has 1 aliphatic heterocycles. The quantitative estimate of drug-likeness (QED) is 0.542. The second kappa shape index (κ2) is 7.72. The van der Waals surface area contributed by atoms with E-state index in [9.17, 15) is 26.4 Å². The van der Waals surface area contributed by atoms with Gasteiger partial charge in [-0.2, -0.15) is 13.2 Å². The maximum Gasteiger partial charge on any atom is 0.417 e. The molecule has 3 aromatic rings. The highest BCUT2D eigenvalue weighted by Gasteiger charge is 2.35. The standard InChI is InChI=1S/C21H16ClF3N2O3S/c22-16-10-9-14(12-15(16)21(23,24)25)26-19(28)8-3-11-27-17-6-1-4-13-5-2-7-18(20(13)17)31(27,29)30/h1-2,4-7,9-10,12H,3,8,11H2,(H,26,28). The van der Waals surface area contributed by atoms with E-state index in [0.29, 0.717) is 11.1 Å². The number of hydrogen-bond donors (Lipinski definition) is 1. The van der Waals surface area contributed by atoms with E-state index in [0.717, 1.165) is 17.5 Å². The van der Waals surface area contributed by atoms with Gasteiger partial charge in [-0.15, -0.1) is 0 Å². The van der Waals surface area contributed by atoms with Crippen LogP contribution in [0, 0.1) is 0 Å². The number of carbonyl (C=O) groups is 1. The van der Waals surface area contributed by atoms with E-state index in [1.807, 2.05) is 12.1 Å². The molecule has 0 radical (unpaired) electrons. The number of amides is 1. The maximum atomic E-state index is 13.0. The van der Waals surface area contributed by atoms with Crippen molar-refractivity contribution in [2.45, 2.75) is 23.9 Å². The van der Waals surface area contributed by atoms with E-state index in [4.69, 9.17) is 11.6 Å². The molecule has 31 heavy (non-hydrogen) atoms. The SMILES string of the molecule is O=C(CCCN1c2cccc3cccc(c23)S1(=O)=O)Nc1ccc(Cl)c(C(F)(F)F)c1. The second-order valence-corrected chi connectivity index (χ2v) is 9.29. The van der Waals surface area contributed by atoms with Crippen LogP contribution < -0.4 is 9.62 Å². The minimum Gasteiger partial charge on any atom is -0.326 e. The molecule has 0 fully saturated rings. The molecule has 0 spiro atoms. The van der Waals surface area contributed by atoms with Crippen LogP contribution in [0.2, 0.25) is 5.02 Å². The Morgan fingerprint density at radius 2 is 1.77 bits per heavy atom. The van der Waals surface area contributed by atoms with Crippen LogP contribution in [0.4, 0.5) is 24.5 Å². The summed E-state index contributed by atoms with van der Waals surface area (Å²) in [6, 6.07) is 13.5. The lowest BCUT2D eigenvalue weighted by atomic mass is 10.1. The van der Waals surface area contributed by atoms with Crippen molar-refractivity contribution < 1.29 is 26.4 Å². The number of nitrogens with zero attached hydrogens (tertiary/aromatic N) is 1. The van der Waals surface area contributed by atoms with Crippen molar-refractivity contribution >= 4 is 49.7 Å². The smallest absolute Gasteiger partial charge is 0.326 e. The number of sulfonamides is 1. The number of alkyl halides is 3. The molecule has 0 saturated heterocycles. The van der Waals surface area contributed by atoms with Gasteiger partial charge in [-0.05, 0) is 42.1 Å². The van der Waals surface area contributed by atoms with Gasteiger partial charge in [0.2, 0.25) is 5.91 Å². The Morgan fingerprint density at radius 1 is 1.06 bits per heavy atom. The summed E-state index contributed by atoms with van der Waals surface area (Å²) in [6.07, 6.45) is -4.52. The Labute approximate surface area is 181 Å². The highest BCUT2D eigenvalue weighted by atomic mass is 35.5. The molecule has 0 bridgehead atoms. The number of halogens is 4. The molecular weight excluding hydrogens is 453 g/mol. The molecule has 10 heteroatoms. The maximum absolute atomic E-state index is 13.0. The van der Waals surface area contributed by atoms with Gasteiger partial charge in [0.15, 0.2) is 0 Å². The van der Waals surface area contributed by atoms with Gasteiger partial charge in [0.25, 0.3) is 10.0 Å². The average molecular weight is 469 g/mol. The first kappa shape index (κ1) is 21.5. The van der Waals surface area contributed by atoms with E-state index >= 15 is 0 Å². The van der Waals surface area contributed by atoms with Crippen molar-refractivity contribution in [1.82, 2.24) is 0 Å². The van der Waals surface area contributed by atoms with Crippen LogP contribution in [0.5, 0.6) is 0 Å². The lowest BCUT2D eigenvalue weighted by molar-refractivity contribution is -0.137. The molecule has 3 aromatic carbocycles. The summed E-state index contributed by atoms with van der Waals surface area (Å²) < 4.78 is 66.0. The molecule has 0 aromatic heterocycles. The highest BCUT2D eigenvalue weighted by Crippen LogP contribution is 2.42. The van der Waals surface area contributed by atoms with Crippen LogP contribution in [-0.4, -0.2) is 20.9 Å². The molecule has 0 atom stereocenters. The summed E-state index contributed by atoms with van der Waals surface area (Å²) in [5.41, 5.74) is -0.519. The molecule has 5 nitrogen and oxygen atoms in total. The molecule has 0 aliphatic carbocycles. The van der Waals surface area contributed by atoms with E-state index < -0.39 is 32.7 Å². The lowest BCUT2D eigenvalue weighted by Crippen LogP contribution is -2.29. The summed E-state index contributed by atoms with van der Waals surface area (Å²) in [4.78, 5) is 12.4. The van der Waals surface area contributed by atoms with Crippen LogP contribution in [0.15, 0.2) is 59.5 Å². The van der Waals surface area contributed by atoms with Crippen LogP contribution >= 0.6 is 11.6 Å². The number of benzene rings is 3. The second-order valence-electron chi connectivity index (χ2n) is 7.05. The predicted molar refractivity (Wildman–Crippen MR) is 113 cm³/mol. The molecule has 1 N–H and O–H groups in total. The zero-order chi connectivity index (χ0) is 22.4. The van der Waals surface area contributed by atoms with Gasteiger partial charge >= 0.3 is 6.18 Å². The Balaban J connectivity index is 1.44. The summed E-state index contributed by atoms with van der Waals surface area (Å²) in [5, 5.41) is 3.40. The van der Waals surface area contributed by atoms with Gasteiger partial charge in [0.05, 0.1) is 21.2 Å². The summed E-state index contributed by atoms with van der Waals surface area (Å²) in [5.74, 6) is -0.525. The van der Waals surface area contributed by atoms with Crippen LogP contribution in [0.1, 0.15) is 18.4 Å². The Morgan fingerprint density at radius 3 is 2.48 bits per heavy atom. The van der Waals surface area contributed by atoms with Gasteiger partial charge in [-0.3, -0.25) is 9.10 Å². The fourth-order valence-corrected chi connectivity index (χ4v) is 5.60. The summed E-state index contributed by atoms with van der Waals surface area (Å²) in [6.45, 7) is 0.0674. The molecule has 1 aliphatic rings. The first-order valence-electron chi connectivity index (χ1n) is 9.30. The fourth-order valence-electron chi connectivity index (χ4n) is 3.63. The first-order valence-corrected chi connectivity index (χ1v) is 11.1. The largest absolute Gasteiger partial charge is 0.417 e. The van der Waals surface area contributed by atoms with Gasteiger partial charge in [0.1, 0.15) is 0 Å². The fraction of sp³-hybridized carbons (Fsp3) is 0.190. The lowest BCUT2D eigenvalue weighted by Gasteiger charge is -2.18. The molecule has 162 valence electrons. The average Bonchev–Trinajstić information content (AvgIpc) is 2.92. The van der Waals surface area contributed by atoms with Gasteiger partial charge in [-0.1, -0.05) is 35.9 Å². The van der Waals surface area contributed by atoms with Crippen molar-refractivity contribution in [2.75, 3.05) is 16.2 Å². The molecule has 1 amide bonds. The van der Waals surface area contributed by atoms with Crippen LogP contribution in [0.3, 0.4) is 0 Å². The van der Waals surface area contributed by atoms with Gasteiger partial charge in [-0.25, -0.2) is 8.42 Å². The van der Waals surface area contributed by atoms with Crippen molar-refractivity contribution in [3.8, 4) is 0 Å². The van der Waals surface area contributed by atoms with E-state index in [1.165, 1.54) is 10.4 Å². The number of rotatable bonds is 5. The van der Waals surface area contributed by atoms with Crippen LogP contribution in [-0.2, 0) is 21.0 Å². The summed E-state index contributed by atoms with van der Waals surface area (Å²) in [7, 11) is -3.72. The number of anilines is 2. The third-order valence-electron chi connectivity index (χ3n) is 5.00. The zero-order valence-electron chi connectivity index (χ0n) is 15.9. The van der Waals surface area contributed by atoms with E-state index in [2.05, 4.69) is 5.32 Å². The topological polar surface area (TPSA) is 66.5 Å². The Kier molecular flexibility index (Phi) is 5.35.